The number of halogens is 1. The van der Waals surface area contributed by atoms with Crippen molar-refractivity contribution in [1.82, 2.24) is 4.98 Å². The van der Waals surface area contributed by atoms with E-state index in [1.165, 1.54) is 0 Å². The maximum absolute atomic E-state index is 11.0. The van der Waals surface area contributed by atoms with Crippen molar-refractivity contribution in [2.24, 2.45) is 5.73 Å². The van der Waals surface area contributed by atoms with Crippen molar-refractivity contribution >= 4 is 28.4 Å². The topological polar surface area (TPSA) is 56.0 Å². The summed E-state index contributed by atoms with van der Waals surface area (Å²) >= 11 is 6.04. The lowest BCUT2D eigenvalue weighted by molar-refractivity contribution is -0.117. The molecule has 0 atom stereocenters. The van der Waals surface area contributed by atoms with Gasteiger partial charge in [-0.25, -0.2) is 0 Å². The number of benzene rings is 1. The maximum atomic E-state index is 11.0. The van der Waals surface area contributed by atoms with E-state index in [0.29, 0.717) is 5.02 Å². The zero-order chi connectivity index (χ0) is 12.6. The van der Waals surface area contributed by atoms with Gasteiger partial charge in [-0.05, 0) is 43.2 Å². The number of pyridine rings is 1. The molecule has 88 valence electrons. The first-order valence-corrected chi connectivity index (χ1v) is 5.70. The molecule has 1 aromatic heterocycles. The molecule has 17 heavy (non-hydrogen) atoms. The molecule has 0 unspecified atom stereocenters. The van der Waals surface area contributed by atoms with Crippen LogP contribution < -0.4 is 5.73 Å². The summed E-state index contributed by atoms with van der Waals surface area (Å²) in [4.78, 5) is 15.5. The third-order valence-electron chi connectivity index (χ3n) is 2.66. The zero-order valence-electron chi connectivity index (χ0n) is 9.75. The van der Waals surface area contributed by atoms with E-state index in [4.69, 9.17) is 17.3 Å². The van der Waals surface area contributed by atoms with E-state index in [1.54, 1.807) is 6.07 Å². The minimum atomic E-state index is -0.380. The highest BCUT2D eigenvalue weighted by atomic mass is 35.5. The average molecular weight is 249 g/mol. The molecule has 0 radical (unpaired) electrons. The summed E-state index contributed by atoms with van der Waals surface area (Å²) in [5.41, 5.74) is 8.84. The molecule has 1 aromatic carbocycles. The highest BCUT2D eigenvalue weighted by Crippen LogP contribution is 2.26. The predicted molar refractivity (Wildman–Crippen MR) is 69.1 cm³/mol. The van der Waals surface area contributed by atoms with Crippen LogP contribution in [0.4, 0.5) is 0 Å². The van der Waals surface area contributed by atoms with Crippen LogP contribution in [0.3, 0.4) is 0 Å². The molecule has 1 heterocycles. The molecule has 0 saturated carbocycles. The van der Waals surface area contributed by atoms with Crippen LogP contribution in [0.15, 0.2) is 18.2 Å². The Morgan fingerprint density at radius 3 is 2.71 bits per heavy atom. The van der Waals surface area contributed by atoms with E-state index in [0.717, 1.165) is 27.7 Å². The highest BCUT2D eigenvalue weighted by molar-refractivity contribution is 6.31. The second-order valence-electron chi connectivity index (χ2n) is 4.18. The van der Waals surface area contributed by atoms with Crippen molar-refractivity contribution < 1.29 is 4.79 Å². The van der Waals surface area contributed by atoms with Gasteiger partial charge in [0.2, 0.25) is 5.91 Å². The van der Waals surface area contributed by atoms with Gasteiger partial charge in [-0.2, -0.15) is 0 Å². The van der Waals surface area contributed by atoms with E-state index in [2.05, 4.69) is 4.98 Å². The molecule has 4 heteroatoms. The van der Waals surface area contributed by atoms with Crippen LogP contribution in [0.2, 0.25) is 5.02 Å². The fraction of sp³-hybridized carbons (Fsp3) is 0.231. The van der Waals surface area contributed by atoms with Crippen molar-refractivity contribution in [3.05, 3.63) is 40.0 Å². The molecular formula is C13H13ClN2O. The van der Waals surface area contributed by atoms with E-state index in [9.17, 15) is 4.79 Å². The van der Waals surface area contributed by atoms with Crippen LogP contribution in [0.1, 0.15) is 16.8 Å². The Labute approximate surface area is 105 Å². The summed E-state index contributed by atoms with van der Waals surface area (Å²) in [5.74, 6) is -0.380. The fourth-order valence-electron chi connectivity index (χ4n) is 2.01. The molecule has 1 amide bonds. The van der Waals surface area contributed by atoms with Crippen LogP contribution in [0, 0.1) is 13.8 Å². The van der Waals surface area contributed by atoms with Crippen molar-refractivity contribution in [1.29, 1.82) is 0 Å². The van der Waals surface area contributed by atoms with Gasteiger partial charge in [-0.3, -0.25) is 9.78 Å². The molecule has 0 bridgehead atoms. The van der Waals surface area contributed by atoms with Gasteiger partial charge in [0.1, 0.15) is 0 Å². The number of aryl methyl sites for hydroxylation is 2. The molecule has 2 aromatic rings. The fourth-order valence-corrected chi connectivity index (χ4v) is 2.25. The monoisotopic (exact) mass is 248 g/mol. The van der Waals surface area contributed by atoms with Crippen molar-refractivity contribution in [3.63, 3.8) is 0 Å². The normalized spacial score (nSPS) is 10.8. The van der Waals surface area contributed by atoms with Gasteiger partial charge in [-0.15, -0.1) is 0 Å². The first kappa shape index (κ1) is 11.9. The third-order valence-corrected chi connectivity index (χ3v) is 2.87. The summed E-state index contributed by atoms with van der Waals surface area (Å²) in [6.45, 7) is 3.93. The van der Waals surface area contributed by atoms with Gasteiger partial charge in [0, 0.05) is 16.1 Å². The number of fused-ring (bicyclic) bond motifs is 1. The number of hydrogen-bond donors (Lipinski definition) is 1. The minimum Gasteiger partial charge on any atom is -0.369 e. The predicted octanol–water partition coefficient (Wildman–Crippen LogP) is 2.53. The molecule has 2 rings (SSSR count). The number of carbonyl (C=O) groups is 1. The molecule has 0 saturated heterocycles. The third kappa shape index (κ3) is 2.39. The second-order valence-corrected chi connectivity index (χ2v) is 4.62. The van der Waals surface area contributed by atoms with Crippen LogP contribution in [0.25, 0.3) is 10.9 Å². The molecule has 0 fully saturated rings. The summed E-state index contributed by atoms with van der Waals surface area (Å²) in [5, 5.41) is 1.57. The van der Waals surface area contributed by atoms with Crippen LogP contribution in [0.5, 0.6) is 0 Å². The molecular weight excluding hydrogens is 236 g/mol. The number of amides is 1. The van der Waals surface area contributed by atoms with Crippen molar-refractivity contribution in [3.8, 4) is 0 Å². The van der Waals surface area contributed by atoms with Gasteiger partial charge in [-0.1, -0.05) is 11.6 Å². The Morgan fingerprint density at radius 2 is 2.06 bits per heavy atom. The molecule has 0 spiro atoms. The molecule has 2 N–H and O–H groups in total. The standard InChI is InChI=1S/C13H13ClN2O/c1-7-3-8(2)16-13-9(5-12(15)17)4-10(14)6-11(7)13/h3-4,6H,5H2,1-2H3,(H2,15,17). The number of rotatable bonds is 2. The number of nitrogens with two attached hydrogens (primary N) is 1. The smallest absolute Gasteiger partial charge is 0.221 e. The lowest BCUT2D eigenvalue weighted by Crippen LogP contribution is -2.14. The quantitative estimate of drug-likeness (QED) is 0.888. The molecule has 3 nitrogen and oxygen atoms in total. The van der Waals surface area contributed by atoms with Crippen molar-refractivity contribution in [2.75, 3.05) is 0 Å². The van der Waals surface area contributed by atoms with Gasteiger partial charge >= 0.3 is 0 Å². The Morgan fingerprint density at radius 1 is 1.35 bits per heavy atom. The lowest BCUT2D eigenvalue weighted by Gasteiger charge is -2.09. The number of primary amides is 1. The van der Waals surface area contributed by atoms with Gasteiger partial charge in [0.15, 0.2) is 0 Å². The minimum absolute atomic E-state index is 0.160. The Bertz CT molecular complexity index is 608. The maximum Gasteiger partial charge on any atom is 0.221 e. The Kier molecular flexibility index (Phi) is 3.03. The van der Waals surface area contributed by atoms with E-state index >= 15 is 0 Å². The van der Waals surface area contributed by atoms with Crippen LogP contribution in [-0.4, -0.2) is 10.9 Å². The molecule has 0 aliphatic rings. The highest BCUT2D eigenvalue weighted by Gasteiger charge is 2.09. The van der Waals surface area contributed by atoms with E-state index < -0.39 is 0 Å². The SMILES string of the molecule is Cc1cc(C)c2cc(Cl)cc(CC(N)=O)c2n1. The zero-order valence-corrected chi connectivity index (χ0v) is 10.5. The molecule has 0 aliphatic heterocycles. The van der Waals surface area contributed by atoms with E-state index in [-0.39, 0.29) is 12.3 Å². The van der Waals surface area contributed by atoms with Crippen LogP contribution >= 0.6 is 11.6 Å². The van der Waals surface area contributed by atoms with Gasteiger partial charge in [0.05, 0.1) is 11.9 Å². The van der Waals surface area contributed by atoms with E-state index in [1.807, 2.05) is 26.0 Å². The number of carbonyl (C=O) groups excluding carboxylic acids is 1. The number of aromatic nitrogens is 1. The Balaban J connectivity index is 2.77. The van der Waals surface area contributed by atoms with Crippen LogP contribution in [-0.2, 0) is 11.2 Å². The second kappa shape index (κ2) is 4.34. The first-order chi connectivity index (χ1) is 7.97. The lowest BCUT2D eigenvalue weighted by atomic mass is 10.0. The van der Waals surface area contributed by atoms with Gasteiger partial charge in [0.25, 0.3) is 0 Å². The summed E-state index contributed by atoms with van der Waals surface area (Å²) in [6.07, 6.45) is 0.160. The summed E-state index contributed by atoms with van der Waals surface area (Å²) < 4.78 is 0. The summed E-state index contributed by atoms with van der Waals surface area (Å²) in [6, 6.07) is 5.61. The molecule has 0 aliphatic carbocycles. The number of nitrogens with zero attached hydrogens (tertiary/aromatic N) is 1. The Hall–Kier alpha value is -1.61. The van der Waals surface area contributed by atoms with Gasteiger partial charge < -0.3 is 5.73 Å². The van der Waals surface area contributed by atoms with Crippen molar-refractivity contribution in [2.45, 2.75) is 20.3 Å². The largest absolute Gasteiger partial charge is 0.369 e. The average Bonchev–Trinajstić information content (AvgIpc) is 2.19. The summed E-state index contributed by atoms with van der Waals surface area (Å²) in [7, 11) is 0. The number of hydrogen-bond acceptors (Lipinski definition) is 2. The first-order valence-electron chi connectivity index (χ1n) is 5.32.